The molecule has 27 heavy (non-hydrogen) atoms. The van der Waals surface area contributed by atoms with Gasteiger partial charge in [0.25, 0.3) is 5.91 Å². The van der Waals surface area contributed by atoms with E-state index in [0.717, 1.165) is 43.5 Å². The molecule has 7 nitrogen and oxygen atoms in total. The summed E-state index contributed by atoms with van der Waals surface area (Å²) in [6, 6.07) is 5.68. The zero-order chi connectivity index (χ0) is 18.6. The maximum atomic E-state index is 12.9. The zero-order valence-corrected chi connectivity index (χ0v) is 15.5. The summed E-state index contributed by atoms with van der Waals surface area (Å²) in [7, 11) is 0. The van der Waals surface area contributed by atoms with Crippen molar-refractivity contribution in [3.63, 3.8) is 0 Å². The van der Waals surface area contributed by atoms with Crippen molar-refractivity contribution in [3.05, 3.63) is 30.1 Å². The topological polar surface area (TPSA) is 85.6 Å². The van der Waals surface area contributed by atoms with Crippen LogP contribution in [0.15, 0.2) is 24.5 Å². The molecule has 2 saturated heterocycles. The number of rotatable bonds is 5. The van der Waals surface area contributed by atoms with Gasteiger partial charge in [-0.15, -0.1) is 0 Å². The maximum Gasteiger partial charge on any atom is 0.251 e. The molecule has 2 atom stereocenters. The lowest BCUT2D eigenvalue weighted by molar-refractivity contribution is -0.0259. The molecule has 1 aromatic carbocycles. The van der Waals surface area contributed by atoms with Gasteiger partial charge in [0.2, 0.25) is 0 Å². The van der Waals surface area contributed by atoms with E-state index in [1.165, 1.54) is 0 Å². The highest BCUT2D eigenvalue weighted by Gasteiger charge is 2.34. The molecule has 2 N–H and O–H groups in total. The van der Waals surface area contributed by atoms with Gasteiger partial charge in [0.15, 0.2) is 0 Å². The Morgan fingerprint density at radius 3 is 2.85 bits per heavy atom. The van der Waals surface area contributed by atoms with Crippen LogP contribution in [0.1, 0.15) is 29.6 Å². The van der Waals surface area contributed by atoms with E-state index in [9.17, 15) is 4.79 Å². The summed E-state index contributed by atoms with van der Waals surface area (Å²) < 4.78 is 13.1. The summed E-state index contributed by atoms with van der Waals surface area (Å²) in [5.74, 6) is 0.831. The first-order valence-electron chi connectivity index (χ1n) is 9.78. The molecular formula is C20H27N3O4. The quantitative estimate of drug-likeness (QED) is 0.831. The first kappa shape index (κ1) is 18.4. The third-order valence-corrected chi connectivity index (χ3v) is 5.81. The van der Waals surface area contributed by atoms with Crippen LogP contribution in [0.5, 0.6) is 0 Å². The summed E-state index contributed by atoms with van der Waals surface area (Å²) in [4.78, 5) is 17.2. The van der Waals surface area contributed by atoms with Gasteiger partial charge in [-0.05, 0) is 43.4 Å². The van der Waals surface area contributed by atoms with Crippen molar-refractivity contribution < 1.29 is 19.4 Å². The number of amides is 1. The van der Waals surface area contributed by atoms with Crippen molar-refractivity contribution in [2.24, 2.45) is 11.8 Å². The molecule has 146 valence electrons. The predicted octanol–water partition coefficient (Wildman–Crippen LogP) is 1.59. The van der Waals surface area contributed by atoms with Gasteiger partial charge in [-0.1, -0.05) is 0 Å². The first-order chi connectivity index (χ1) is 13.3. The van der Waals surface area contributed by atoms with Crippen molar-refractivity contribution >= 4 is 16.9 Å². The van der Waals surface area contributed by atoms with Crippen molar-refractivity contribution in [1.82, 2.24) is 14.9 Å². The molecule has 0 radical (unpaired) electrons. The number of aliphatic hydroxyl groups is 1. The Labute approximate surface area is 158 Å². The Hall–Kier alpha value is -1.96. The highest BCUT2D eigenvalue weighted by atomic mass is 16.5. The fraction of sp³-hybridized carbons (Fsp3) is 0.600. The Kier molecular flexibility index (Phi) is 5.71. The van der Waals surface area contributed by atoms with Crippen molar-refractivity contribution in [3.8, 4) is 0 Å². The number of hydrogen-bond donors (Lipinski definition) is 2. The number of aromatic nitrogens is 2. The standard InChI is InChI=1S/C20H27N3O4/c24-7-6-23-13-21-18-11-15(1-2-19(18)23)20(25)22-17-5-10-27-12-16(17)14-3-8-26-9-4-14/h1-2,11,13-14,16-17,24H,3-10,12H2,(H,22,25)/t16-,17-/m0/s1. The zero-order valence-electron chi connectivity index (χ0n) is 15.5. The van der Waals surface area contributed by atoms with Crippen molar-refractivity contribution in [2.45, 2.75) is 31.8 Å². The molecule has 0 unspecified atom stereocenters. The van der Waals surface area contributed by atoms with Crippen LogP contribution in [0.3, 0.4) is 0 Å². The van der Waals surface area contributed by atoms with Crippen LogP contribution in [-0.2, 0) is 16.0 Å². The lowest BCUT2D eigenvalue weighted by atomic mass is 9.79. The summed E-state index contributed by atoms with van der Waals surface area (Å²) in [5, 5.41) is 12.4. The average Bonchev–Trinajstić information content (AvgIpc) is 3.11. The van der Waals surface area contributed by atoms with Gasteiger partial charge in [0.05, 0.1) is 30.6 Å². The molecule has 1 aromatic heterocycles. The van der Waals surface area contributed by atoms with Gasteiger partial charge >= 0.3 is 0 Å². The van der Waals surface area contributed by atoms with E-state index < -0.39 is 0 Å². The molecule has 0 aliphatic carbocycles. The smallest absolute Gasteiger partial charge is 0.251 e. The van der Waals surface area contributed by atoms with Crippen LogP contribution in [0.2, 0.25) is 0 Å². The highest BCUT2D eigenvalue weighted by Crippen LogP contribution is 2.30. The SMILES string of the molecule is O=C(N[C@H]1CCOC[C@H]1C1CCOCC1)c1ccc2c(c1)ncn2CCO. The minimum Gasteiger partial charge on any atom is -0.395 e. The molecule has 0 bridgehead atoms. The van der Waals surface area contributed by atoms with E-state index in [1.54, 1.807) is 6.33 Å². The number of aliphatic hydroxyl groups excluding tert-OH is 1. The second kappa shape index (κ2) is 8.37. The number of benzene rings is 1. The molecule has 7 heteroatoms. The lowest BCUT2D eigenvalue weighted by Gasteiger charge is -2.39. The van der Waals surface area contributed by atoms with E-state index in [1.807, 2.05) is 22.8 Å². The molecule has 0 saturated carbocycles. The second-order valence-electron chi connectivity index (χ2n) is 7.42. The van der Waals surface area contributed by atoms with E-state index in [2.05, 4.69) is 10.3 Å². The van der Waals surface area contributed by atoms with Gasteiger partial charge in [-0.2, -0.15) is 0 Å². The fourth-order valence-corrected chi connectivity index (χ4v) is 4.29. The largest absolute Gasteiger partial charge is 0.395 e. The number of imidazole rings is 1. The van der Waals surface area contributed by atoms with Gasteiger partial charge in [0, 0.05) is 43.9 Å². The van der Waals surface area contributed by atoms with Gasteiger partial charge < -0.3 is 24.5 Å². The molecule has 1 amide bonds. The third-order valence-electron chi connectivity index (χ3n) is 5.81. The molecule has 2 aromatic rings. The van der Waals surface area contributed by atoms with Crippen LogP contribution in [0, 0.1) is 11.8 Å². The number of carbonyl (C=O) groups excluding carboxylic acids is 1. The fourth-order valence-electron chi connectivity index (χ4n) is 4.29. The molecule has 2 fully saturated rings. The van der Waals surface area contributed by atoms with Gasteiger partial charge in [-0.3, -0.25) is 4.79 Å². The third kappa shape index (κ3) is 4.00. The number of fused-ring (bicyclic) bond motifs is 1. The van der Waals surface area contributed by atoms with Gasteiger partial charge in [0.1, 0.15) is 0 Å². The Morgan fingerprint density at radius 2 is 2.04 bits per heavy atom. The van der Waals surface area contributed by atoms with Crippen LogP contribution in [0.4, 0.5) is 0 Å². The predicted molar refractivity (Wildman–Crippen MR) is 101 cm³/mol. The number of nitrogens with zero attached hydrogens (tertiary/aromatic N) is 2. The molecular weight excluding hydrogens is 346 g/mol. The normalized spacial score (nSPS) is 24.2. The molecule has 4 rings (SSSR count). The Balaban J connectivity index is 1.47. The number of nitrogens with one attached hydrogen (secondary N) is 1. The van der Waals surface area contributed by atoms with E-state index in [4.69, 9.17) is 14.6 Å². The van der Waals surface area contributed by atoms with Gasteiger partial charge in [-0.25, -0.2) is 4.98 Å². The van der Waals surface area contributed by atoms with Crippen molar-refractivity contribution in [1.29, 1.82) is 0 Å². The van der Waals surface area contributed by atoms with Crippen LogP contribution < -0.4 is 5.32 Å². The van der Waals surface area contributed by atoms with E-state index in [0.29, 0.717) is 37.2 Å². The molecule has 3 heterocycles. The molecule has 2 aliphatic heterocycles. The summed E-state index contributed by atoms with van der Waals surface area (Å²) in [5.41, 5.74) is 2.31. The minimum atomic E-state index is -0.0578. The van der Waals surface area contributed by atoms with Crippen LogP contribution >= 0.6 is 0 Å². The monoisotopic (exact) mass is 373 g/mol. The Morgan fingerprint density at radius 1 is 1.22 bits per heavy atom. The Bertz CT molecular complexity index is 785. The number of hydrogen-bond acceptors (Lipinski definition) is 5. The second-order valence-corrected chi connectivity index (χ2v) is 7.42. The maximum absolute atomic E-state index is 12.9. The highest BCUT2D eigenvalue weighted by molar-refractivity contribution is 5.97. The number of ether oxygens (including phenoxy) is 2. The van der Waals surface area contributed by atoms with E-state index in [-0.39, 0.29) is 18.6 Å². The summed E-state index contributed by atoms with van der Waals surface area (Å²) >= 11 is 0. The summed E-state index contributed by atoms with van der Waals surface area (Å²) in [6.07, 6.45) is 4.62. The minimum absolute atomic E-state index is 0.0578. The first-order valence-corrected chi connectivity index (χ1v) is 9.78. The van der Waals surface area contributed by atoms with E-state index >= 15 is 0 Å². The van der Waals surface area contributed by atoms with Crippen molar-refractivity contribution in [2.75, 3.05) is 33.0 Å². The lowest BCUT2D eigenvalue weighted by Crippen LogP contribution is -2.49. The summed E-state index contributed by atoms with van der Waals surface area (Å²) in [6.45, 7) is 3.56. The van der Waals surface area contributed by atoms with Crippen LogP contribution in [0.25, 0.3) is 11.0 Å². The average molecular weight is 373 g/mol. The molecule has 2 aliphatic rings. The number of carbonyl (C=O) groups is 1. The van der Waals surface area contributed by atoms with Crippen LogP contribution in [-0.4, -0.2) is 59.6 Å². The molecule has 0 spiro atoms.